The van der Waals surface area contributed by atoms with Gasteiger partial charge in [0.15, 0.2) is 0 Å². The molecule has 1 N–H and O–H groups in total. The van der Waals surface area contributed by atoms with Gasteiger partial charge in [0.05, 0.1) is 0 Å². The molecule has 84 valence electrons. The summed E-state index contributed by atoms with van der Waals surface area (Å²) in [5, 5.41) is 3.38. The minimum Gasteiger partial charge on any atom is -0.314 e. The van der Waals surface area contributed by atoms with Crippen molar-refractivity contribution in [1.82, 2.24) is 15.1 Å². The molecule has 0 radical (unpaired) electrons. The Morgan fingerprint density at radius 1 is 1.29 bits per heavy atom. The maximum absolute atomic E-state index is 3.38. The number of piperazine rings is 1. The fraction of sp³-hybridized carbons (Fsp3) is 1.00. The van der Waals surface area contributed by atoms with E-state index < -0.39 is 0 Å². The van der Waals surface area contributed by atoms with Crippen molar-refractivity contribution in [3.63, 3.8) is 0 Å². The summed E-state index contributed by atoms with van der Waals surface area (Å²) in [6, 6.07) is 0. The summed E-state index contributed by atoms with van der Waals surface area (Å²) < 4.78 is 0. The minimum atomic E-state index is 1.16. The Morgan fingerprint density at radius 2 is 2.00 bits per heavy atom. The van der Waals surface area contributed by atoms with Crippen LogP contribution in [-0.4, -0.2) is 74.7 Å². The average Bonchev–Trinajstić information content (AvgIpc) is 2.25. The van der Waals surface area contributed by atoms with Crippen LogP contribution in [0.25, 0.3) is 0 Å². The lowest BCUT2D eigenvalue weighted by molar-refractivity contribution is 0.209. The quantitative estimate of drug-likeness (QED) is 0.684. The Morgan fingerprint density at radius 3 is 2.64 bits per heavy atom. The van der Waals surface area contributed by atoms with Gasteiger partial charge in [-0.1, -0.05) is 0 Å². The number of hydrogen-bond donors (Lipinski definition) is 1. The van der Waals surface area contributed by atoms with Crippen LogP contribution >= 0.6 is 11.8 Å². The van der Waals surface area contributed by atoms with Crippen LogP contribution in [0, 0.1) is 0 Å². The van der Waals surface area contributed by atoms with E-state index in [1.807, 2.05) is 11.8 Å². The SMILES string of the molecule is CSCCN(C)CCN1CCNCC1. The smallest absolute Gasteiger partial charge is 0.0110 e. The van der Waals surface area contributed by atoms with Gasteiger partial charge in [0.2, 0.25) is 0 Å². The van der Waals surface area contributed by atoms with Crippen molar-refractivity contribution < 1.29 is 0 Å². The van der Waals surface area contributed by atoms with Gasteiger partial charge in [-0.25, -0.2) is 0 Å². The zero-order valence-corrected chi connectivity index (χ0v) is 10.3. The van der Waals surface area contributed by atoms with E-state index in [0.717, 1.165) is 13.1 Å². The molecule has 1 saturated heterocycles. The maximum Gasteiger partial charge on any atom is 0.0110 e. The molecule has 14 heavy (non-hydrogen) atoms. The molecule has 1 aliphatic rings. The van der Waals surface area contributed by atoms with Crippen LogP contribution in [0.5, 0.6) is 0 Å². The highest BCUT2D eigenvalue weighted by Crippen LogP contribution is 1.95. The van der Waals surface area contributed by atoms with Crippen molar-refractivity contribution >= 4 is 11.8 Å². The van der Waals surface area contributed by atoms with Crippen molar-refractivity contribution in [2.45, 2.75) is 0 Å². The molecular weight excluding hydrogens is 194 g/mol. The molecule has 0 atom stereocenters. The Hall–Kier alpha value is 0.230. The lowest BCUT2D eigenvalue weighted by Gasteiger charge is -2.29. The van der Waals surface area contributed by atoms with Gasteiger partial charge in [-0.15, -0.1) is 0 Å². The summed E-state index contributed by atoms with van der Waals surface area (Å²) in [6.45, 7) is 8.41. The number of rotatable bonds is 6. The molecule has 0 bridgehead atoms. The molecule has 3 nitrogen and oxygen atoms in total. The van der Waals surface area contributed by atoms with Crippen LogP contribution in [0.1, 0.15) is 0 Å². The first-order valence-electron chi connectivity index (χ1n) is 5.43. The second-order valence-corrected chi connectivity index (χ2v) is 4.87. The second-order valence-electron chi connectivity index (χ2n) is 3.89. The zero-order valence-electron chi connectivity index (χ0n) is 9.46. The molecule has 0 aromatic carbocycles. The van der Waals surface area contributed by atoms with E-state index in [2.05, 4.69) is 28.4 Å². The average molecular weight is 217 g/mol. The largest absolute Gasteiger partial charge is 0.314 e. The zero-order chi connectivity index (χ0) is 10.2. The van der Waals surface area contributed by atoms with Gasteiger partial charge in [-0.2, -0.15) is 11.8 Å². The first-order valence-corrected chi connectivity index (χ1v) is 6.83. The van der Waals surface area contributed by atoms with Gasteiger partial charge < -0.3 is 10.2 Å². The lowest BCUT2D eigenvalue weighted by atomic mass is 10.3. The van der Waals surface area contributed by atoms with Crippen LogP contribution in [0.3, 0.4) is 0 Å². The highest BCUT2D eigenvalue weighted by Gasteiger charge is 2.09. The first-order chi connectivity index (χ1) is 6.83. The summed E-state index contributed by atoms with van der Waals surface area (Å²) in [5.41, 5.74) is 0. The van der Waals surface area contributed by atoms with E-state index >= 15 is 0 Å². The van der Waals surface area contributed by atoms with Crippen molar-refractivity contribution in [3.8, 4) is 0 Å². The van der Waals surface area contributed by atoms with E-state index in [1.165, 1.54) is 38.5 Å². The number of hydrogen-bond acceptors (Lipinski definition) is 4. The number of nitrogens with zero attached hydrogens (tertiary/aromatic N) is 2. The normalized spacial score (nSPS) is 19.1. The standard InChI is InChI=1S/C10H23N3S/c1-12(9-10-14-2)7-8-13-5-3-11-4-6-13/h11H,3-10H2,1-2H3. The van der Waals surface area contributed by atoms with Crippen molar-refractivity contribution in [2.75, 3.05) is 64.9 Å². The molecule has 0 saturated carbocycles. The van der Waals surface area contributed by atoms with Crippen molar-refractivity contribution in [1.29, 1.82) is 0 Å². The molecule has 1 fully saturated rings. The number of nitrogens with one attached hydrogen (secondary N) is 1. The Kier molecular flexibility index (Phi) is 6.60. The van der Waals surface area contributed by atoms with Gasteiger partial charge in [0.25, 0.3) is 0 Å². The van der Waals surface area contributed by atoms with E-state index in [0.29, 0.717) is 0 Å². The minimum absolute atomic E-state index is 1.16. The van der Waals surface area contributed by atoms with Crippen LogP contribution < -0.4 is 5.32 Å². The Labute approximate surface area is 92.2 Å². The Balaban J connectivity index is 2.00. The third-order valence-electron chi connectivity index (χ3n) is 2.68. The summed E-state index contributed by atoms with van der Waals surface area (Å²) in [7, 11) is 2.22. The topological polar surface area (TPSA) is 18.5 Å². The maximum atomic E-state index is 3.38. The molecule has 1 aliphatic heterocycles. The molecule has 1 heterocycles. The highest BCUT2D eigenvalue weighted by atomic mass is 32.2. The van der Waals surface area contributed by atoms with Crippen LogP contribution in [0.2, 0.25) is 0 Å². The fourth-order valence-corrected chi connectivity index (χ4v) is 2.10. The van der Waals surface area contributed by atoms with Crippen molar-refractivity contribution in [3.05, 3.63) is 0 Å². The molecule has 0 aromatic rings. The van der Waals surface area contributed by atoms with E-state index in [4.69, 9.17) is 0 Å². The molecule has 0 unspecified atom stereocenters. The number of likely N-dealkylation sites (N-methyl/N-ethyl adjacent to an activating group) is 1. The second kappa shape index (κ2) is 7.51. The van der Waals surface area contributed by atoms with Gasteiger partial charge >= 0.3 is 0 Å². The van der Waals surface area contributed by atoms with Gasteiger partial charge in [-0.3, -0.25) is 4.90 Å². The lowest BCUT2D eigenvalue weighted by Crippen LogP contribution is -2.46. The summed E-state index contributed by atoms with van der Waals surface area (Å²) in [6.07, 6.45) is 2.17. The first kappa shape index (κ1) is 12.3. The monoisotopic (exact) mass is 217 g/mol. The van der Waals surface area contributed by atoms with E-state index in [1.54, 1.807) is 0 Å². The predicted octanol–water partition coefficient (Wildman–Crippen LogP) is 0.186. The Bertz CT molecular complexity index is 137. The van der Waals surface area contributed by atoms with Crippen LogP contribution in [0.15, 0.2) is 0 Å². The molecular formula is C10H23N3S. The molecule has 4 heteroatoms. The van der Waals surface area contributed by atoms with Crippen LogP contribution in [0.4, 0.5) is 0 Å². The van der Waals surface area contributed by atoms with E-state index in [-0.39, 0.29) is 0 Å². The summed E-state index contributed by atoms with van der Waals surface area (Å²) >= 11 is 1.93. The molecule has 0 amide bonds. The molecule has 1 rings (SSSR count). The third-order valence-corrected chi connectivity index (χ3v) is 3.28. The third kappa shape index (κ3) is 5.20. The van der Waals surface area contributed by atoms with Gasteiger partial charge in [0, 0.05) is 51.6 Å². The van der Waals surface area contributed by atoms with Gasteiger partial charge in [0.1, 0.15) is 0 Å². The fourth-order valence-electron chi connectivity index (χ4n) is 1.61. The molecule has 0 aromatic heterocycles. The van der Waals surface area contributed by atoms with Gasteiger partial charge in [-0.05, 0) is 13.3 Å². The molecule has 0 aliphatic carbocycles. The predicted molar refractivity (Wildman–Crippen MR) is 65.2 cm³/mol. The summed E-state index contributed by atoms with van der Waals surface area (Å²) in [4.78, 5) is 4.98. The molecule has 0 spiro atoms. The van der Waals surface area contributed by atoms with E-state index in [9.17, 15) is 0 Å². The summed E-state index contributed by atoms with van der Waals surface area (Å²) in [5.74, 6) is 1.25. The highest BCUT2D eigenvalue weighted by molar-refractivity contribution is 7.98. The number of thioether (sulfide) groups is 1. The van der Waals surface area contributed by atoms with Crippen LogP contribution in [-0.2, 0) is 0 Å². The van der Waals surface area contributed by atoms with Crippen molar-refractivity contribution in [2.24, 2.45) is 0 Å².